The Morgan fingerprint density at radius 3 is 2.33 bits per heavy atom. The minimum absolute atomic E-state index is 0.730. The number of hydrogen-bond donors (Lipinski definition) is 1. The quantitative estimate of drug-likeness (QED) is 0.852. The van der Waals surface area contributed by atoms with Crippen molar-refractivity contribution in [2.75, 3.05) is 0 Å². The fourth-order valence-electron chi connectivity index (χ4n) is 1.63. The molecule has 1 radical (unpaired) electrons. The van der Waals surface area contributed by atoms with Crippen LogP contribution in [0.25, 0.3) is 0 Å². The third-order valence-electron chi connectivity index (χ3n) is 2.66. The third kappa shape index (κ3) is 2.92. The lowest BCUT2D eigenvalue weighted by Gasteiger charge is -2.07. The summed E-state index contributed by atoms with van der Waals surface area (Å²) < 4.78 is 0. The minimum Gasteiger partial charge on any atom is -0.0898 e. The molecule has 0 fully saturated rings. The van der Waals surface area contributed by atoms with Gasteiger partial charge in [-0.15, -0.1) is 0 Å². The van der Waals surface area contributed by atoms with Gasteiger partial charge in [0.15, 0.2) is 0 Å². The predicted molar refractivity (Wildman–Crippen MR) is 74.5 cm³/mol. The fraction of sp³-hybridized carbons (Fsp3) is 0.143. The summed E-state index contributed by atoms with van der Waals surface area (Å²) in [5.41, 5.74) is 9.98. The Bertz CT molecular complexity index is 579. The molecule has 2 aromatic rings. The second-order valence-corrected chi connectivity index (χ2v) is 5.62. The molecule has 2 nitrogen and oxygen atoms in total. The van der Waals surface area contributed by atoms with Gasteiger partial charge in [-0.25, -0.2) is 0 Å². The smallest absolute Gasteiger partial charge is 0.0898 e. The van der Waals surface area contributed by atoms with Crippen LogP contribution in [0.1, 0.15) is 11.1 Å². The van der Waals surface area contributed by atoms with E-state index in [1.165, 1.54) is 4.90 Å². The van der Waals surface area contributed by atoms with Crippen LogP contribution in [0.15, 0.2) is 51.3 Å². The van der Waals surface area contributed by atoms with Crippen LogP contribution in [0.2, 0.25) is 5.02 Å². The maximum Gasteiger partial charge on any atom is 0.144 e. The molecule has 0 amide bonds. The van der Waals surface area contributed by atoms with Crippen LogP contribution in [0, 0.1) is 13.8 Å². The van der Waals surface area contributed by atoms with Crippen LogP contribution in [-0.2, 0) is 0 Å². The van der Waals surface area contributed by atoms with E-state index in [1.807, 2.05) is 44.2 Å². The summed E-state index contributed by atoms with van der Waals surface area (Å²) >= 11 is 7.56. The lowest BCUT2D eigenvalue weighted by molar-refractivity contribution is -0.210. The molecular formula is C14H13ClN2S+. The van der Waals surface area contributed by atoms with E-state index in [1.54, 1.807) is 11.8 Å². The first-order valence-electron chi connectivity index (χ1n) is 5.52. The summed E-state index contributed by atoms with van der Waals surface area (Å²) in [6.45, 7) is 4.01. The van der Waals surface area contributed by atoms with Crippen molar-refractivity contribution < 1.29 is 5.53 Å². The number of benzene rings is 2. The van der Waals surface area contributed by atoms with Crippen LogP contribution in [0.4, 0.5) is 5.69 Å². The van der Waals surface area contributed by atoms with Gasteiger partial charge in [-0.1, -0.05) is 23.4 Å². The Morgan fingerprint density at radius 1 is 1.06 bits per heavy atom. The highest BCUT2D eigenvalue weighted by molar-refractivity contribution is 7.99. The van der Waals surface area contributed by atoms with E-state index < -0.39 is 0 Å². The first-order chi connectivity index (χ1) is 8.60. The monoisotopic (exact) mass is 276 g/mol. The molecule has 0 aliphatic heterocycles. The first-order valence-corrected chi connectivity index (χ1v) is 6.71. The van der Waals surface area contributed by atoms with Crippen molar-refractivity contribution in [2.45, 2.75) is 23.6 Å². The summed E-state index contributed by atoms with van der Waals surface area (Å²) in [5, 5.41) is 4.26. The molecule has 0 unspecified atom stereocenters. The average Bonchev–Trinajstić information content (AvgIpc) is 2.36. The lowest BCUT2D eigenvalue weighted by atomic mass is 10.1. The van der Waals surface area contributed by atoms with Crippen molar-refractivity contribution in [3.8, 4) is 0 Å². The van der Waals surface area contributed by atoms with E-state index in [9.17, 15) is 0 Å². The van der Waals surface area contributed by atoms with Crippen molar-refractivity contribution in [1.82, 2.24) is 0 Å². The Hall–Kier alpha value is -1.32. The van der Waals surface area contributed by atoms with E-state index in [2.05, 4.69) is 11.2 Å². The Morgan fingerprint density at radius 2 is 1.72 bits per heavy atom. The zero-order valence-corrected chi connectivity index (χ0v) is 11.8. The fourth-order valence-corrected chi connectivity index (χ4v) is 2.74. The van der Waals surface area contributed by atoms with Gasteiger partial charge in [0.2, 0.25) is 0 Å². The second-order valence-electron chi connectivity index (χ2n) is 4.07. The number of nitrogens with one attached hydrogen (secondary N) is 1. The highest BCUT2D eigenvalue weighted by atomic mass is 35.5. The van der Waals surface area contributed by atoms with Gasteiger partial charge in [0.05, 0.1) is 5.11 Å². The molecule has 0 atom stereocenters. The number of aryl methyl sites for hydroxylation is 2. The van der Waals surface area contributed by atoms with E-state index in [-0.39, 0.29) is 0 Å². The van der Waals surface area contributed by atoms with Gasteiger partial charge >= 0.3 is 0 Å². The summed E-state index contributed by atoms with van der Waals surface area (Å²) in [6, 6.07) is 11.8. The molecule has 18 heavy (non-hydrogen) atoms. The zero-order chi connectivity index (χ0) is 13.1. The van der Waals surface area contributed by atoms with Gasteiger partial charge in [0.1, 0.15) is 11.2 Å². The van der Waals surface area contributed by atoms with Gasteiger partial charge in [0.25, 0.3) is 0 Å². The van der Waals surface area contributed by atoms with E-state index >= 15 is 0 Å². The standard InChI is InChI=1S/C14H13ClN2S/c1-9-8-14(10(2)7-13(9)17-16)18-12-5-3-11(15)4-6-12/h3-8,16H,1-2H3/q+1. The highest BCUT2D eigenvalue weighted by Gasteiger charge is 2.07. The largest absolute Gasteiger partial charge is 0.144 e. The SMILES string of the molecule is Cc1cc(Sc2ccc(Cl)cc2)c(C)cc1N=[NH+]. The van der Waals surface area contributed by atoms with Crippen LogP contribution < -0.4 is 5.53 Å². The molecule has 2 aromatic carbocycles. The molecule has 2 rings (SSSR count). The Labute approximate surface area is 116 Å². The number of rotatable bonds is 3. The van der Waals surface area contributed by atoms with E-state index in [0.717, 1.165) is 26.7 Å². The Balaban J connectivity index is 2.32. The van der Waals surface area contributed by atoms with Crippen LogP contribution >= 0.6 is 23.4 Å². The summed E-state index contributed by atoms with van der Waals surface area (Å²) in [4.78, 5) is 2.33. The van der Waals surface area contributed by atoms with Gasteiger partial charge < -0.3 is 0 Å². The highest BCUT2D eigenvalue weighted by Crippen LogP contribution is 2.34. The molecule has 0 aromatic heterocycles. The summed E-state index contributed by atoms with van der Waals surface area (Å²) in [5.74, 6) is 0. The minimum atomic E-state index is 0.730. The first kappa shape index (κ1) is 13.1. The van der Waals surface area contributed by atoms with Crippen molar-refractivity contribution in [3.63, 3.8) is 0 Å². The van der Waals surface area contributed by atoms with Crippen molar-refractivity contribution in [1.29, 1.82) is 0 Å². The molecule has 0 aliphatic carbocycles. The maximum atomic E-state index is 7.10. The number of hydrogen-bond acceptors (Lipinski definition) is 3. The molecule has 0 spiro atoms. The van der Waals surface area contributed by atoms with E-state index in [4.69, 9.17) is 17.1 Å². The van der Waals surface area contributed by atoms with Crippen LogP contribution in [-0.4, -0.2) is 0 Å². The third-order valence-corrected chi connectivity index (χ3v) is 4.07. The average molecular weight is 277 g/mol. The lowest BCUT2D eigenvalue weighted by Crippen LogP contribution is -2.22. The van der Waals surface area contributed by atoms with Crippen molar-refractivity contribution in [2.24, 2.45) is 5.11 Å². The number of halogens is 1. The molecular weight excluding hydrogens is 264 g/mol. The van der Waals surface area contributed by atoms with Gasteiger partial charge in [-0.05, 0) is 61.4 Å². The maximum absolute atomic E-state index is 7.10. The topological polar surface area (TPSA) is 36.2 Å². The van der Waals surface area contributed by atoms with Crippen molar-refractivity contribution >= 4 is 29.1 Å². The van der Waals surface area contributed by atoms with Crippen molar-refractivity contribution in [3.05, 3.63) is 52.5 Å². The summed E-state index contributed by atoms with van der Waals surface area (Å²) in [6.07, 6.45) is 0. The molecule has 1 N–H and O–H groups in total. The normalized spacial score (nSPS) is 10.4. The number of nitrogens with zero attached hydrogens (tertiary/aromatic N) is 1. The predicted octanol–water partition coefficient (Wildman–Crippen LogP) is 3.74. The second kappa shape index (κ2) is 5.55. The Kier molecular flexibility index (Phi) is 4.04. The molecule has 0 bridgehead atoms. The summed E-state index contributed by atoms with van der Waals surface area (Å²) in [7, 11) is 0. The molecule has 4 heteroatoms. The van der Waals surface area contributed by atoms with Crippen LogP contribution in [0.5, 0.6) is 0 Å². The van der Waals surface area contributed by atoms with Gasteiger partial charge in [-0.3, -0.25) is 0 Å². The van der Waals surface area contributed by atoms with Crippen LogP contribution in [0.3, 0.4) is 0 Å². The molecule has 91 valence electrons. The molecule has 0 aliphatic rings. The van der Waals surface area contributed by atoms with Gasteiger partial charge in [0, 0.05) is 14.8 Å². The zero-order valence-electron chi connectivity index (χ0n) is 10.2. The van der Waals surface area contributed by atoms with Gasteiger partial charge in [-0.2, -0.15) is 0 Å². The van der Waals surface area contributed by atoms with E-state index in [0.29, 0.717) is 0 Å². The molecule has 0 heterocycles. The molecule has 0 saturated carbocycles. The molecule has 0 saturated heterocycles.